The first-order chi connectivity index (χ1) is 15.9. The van der Waals surface area contributed by atoms with Gasteiger partial charge in [-0.15, -0.1) is 0 Å². The molecule has 0 aliphatic rings. The third-order valence-electron chi connectivity index (χ3n) is 5.23. The molecule has 0 atom stereocenters. The molecular weight excluding hydrogens is 436 g/mol. The molecule has 168 valence electrons. The summed E-state index contributed by atoms with van der Waals surface area (Å²) in [6.07, 6.45) is 0.585. The number of aromatic nitrogens is 1. The zero-order valence-electron chi connectivity index (χ0n) is 18.8. The minimum atomic E-state index is -0.0167. The van der Waals surface area contributed by atoms with Gasteiger partial charge in [-0.1, -0.05) is 35.9 Å². The van der Waals surface area contributed by atoms with E-state index in [9.17, 15) is 4.79 Å². The van der Waals surface area contributed by atoms with Crippen molar-refractivity contribution in [3.63, 3.8) is 0 Å². The summed E-state index contributed by atoms with van der Waals surface area (Å²) in [5.41, 5.74) is 4.49. The lowest BCUT2D eigenvalue weighted by Crippen LogP contribution is -2.21. The highest BCUT2D eigenvalue weighted by Crippen LogP contribution is 2.27. The molecule has 1 amide bonds. The standard InChI is InChI=1S/C27H25ClN2O3/c1-18-26(29-25(33-18)16-20-5-4-6-23(28)15-20)21-11-13-24(14-12-21)32-17-19-7-9-22(10-8-19)27(31)30(2)3/h4-15H,16-17H2,1-3H3. The van der Waals surface area contributed by atoms with Crippen LogP contribution in [0.15, 0.2) is 77.2 Å². The maximum atomic E-state index is 12.0. The number of amides is 1. The number of carbonyl (C=O) groups excluding carboxylic acids is 1. The number of aryl methyl sites for hydroxylation is 1. The second kappa shape index (κ2) is 9.92. The first-order valence-electron chi connectivity index (χ1n) is 10.6. The lowest BCUT2D eigenvalue weighted by Gasteiger charge is -2.11. The summed E-state index contributed by atoms with van der Waals surface area (Å²) in [6.45, 7) is 2.33. The van der Waals surface area contributed by atoms with Crippen LogP contribution in [0, 0.1) is 6.92 Å². The molecule has 33 heavy (non-hydrogen) atoms. The monoisotopic (exact) mass is 460 g/mol. The number of oxazole rings is 1. The molecular formula is C27H25ClN2O3. The van der Waals surface area contributed by atoms with Crippen molar-refractivity contribution in [1.82, 2.24) is 9.88 Å². The topological polar surface area (TPSA) is 55.6 Å². The second-order valence-corrected chi connectivity index (χ2v) is 8.47. The molecule has 6 heteroatoms. The Bertz CT molecular complexity index is 1250. The Morgan fingerprint density at radius 1 is 1.00 bits per heavy atom. The maximum absolute atomic E-state index is 12.0. The van der Waals surface area contributed by atoms with Gasteiger partial charge in [0, 0.05) is 36.7 Å². The predicted molar refractivity (Wildman–Crippen MR) is 130 cm³/mol. The largest absolute Gasteiger partial charge is 0.489 e. The highest BCUT2D eigenvalue weighted by atomic mass is 35.5. The van der Waals surface area contributed by atoms with E-state index in [0.717, 1.165) is 33.9 Å². The van der Waals surface area contributed by atoms with Gasteiger partial charge < -0.3 is 14.1 Å². The van der Waals surface area contributed by atoms with Crippen LogP contribution in [-0.2, 0) is 13.0 Å². The molecule has 0 saturated heterocycles. The predicted octanol–water partition coefficient (Wildman–Crippen LogP) is 6.18. The van der Waals surface area contributed by atoms with Gasteiger partial charge in [-0.25, -0.2) is 4.98 Å². The normalized spacial score (nSPS) is 10.8. The Labute approximate surface area is 198 Å². The van der Waals surface area contributed by atoms with Gasteiger partial charge in [-0.3, -0.25) is 4.79 Å². The number of halogens is 1. The molecule has 0 aliphatic carbocycles. The fourth-order valence-corrected chi connectivity index (χ4v) is 3.71. The maximum Gasteiger partial charge on any atom is 0.253 e. The lowest BCUT2D eigenvalue weighted by molar-refractivity contribution is 0.0827. The van der Waals surface area contributed by atoms with Gasteiger partial charge in [-0.2, -0.15) is 0 Å². The van der Waals surface area contributed by atoms with Crippen LogP contribution in [0.2, 0.25) is 5.02 Å². The zero-order chi connectivity index (χ0) is 23.4. The highest BCUT2D eigenvalue weighted by Gasteiger charge is 2.13. The highest BCUT2D eigenvalue weighted by molar-refractivity contribution is 6.30. The summed E-state index contributed by atoms with van der Waals surface area (Å²) >= 11 is 6.08. The summed E-state index contributed by atoms with van der Waals surface area (Å²) in [7, 11) is 3.48. The molecule has 4 aromatic rings. The van der Waals surface area contributed by atoms with Crippen LogP contribution in [0.1, 0.15) is 33.1 Å². The Morgan fingerprint density at radius 3 is 2.39 bits per heavy atom. The average Bonchev–Trinajstić information content (AvgIpc) is 3.17. The smallest absolute Gasteiger partial charge is 0.253 e. The van der Waals surface area contributed by atoms with Crippen molar-refractivity contribution in [2.75, 3.05) is 14.1 Å². The van der Waals surface area contributed by atoms with Crippen molar-refractivity contribution in [2.24, 2.45) is 0 Å². The van der Waals surface area contributed by atoms with Gasteiger partial charge in [0.1, 0.15) is 23.8 Å². The van der Waals surface area contributed by atoms with Crippen molar-refractivity contribution in [3.05, 3.63) is 106 Å². The molecule has 3 aromatic carbocycles. The van der Waals surface area contributed by atoms with Gasteiger partial charge in [0.15, 0.2) is 5.89 Å². The van der Waals surface area contributed by atoms with Crippen molar-refractivity contribution < 1.29 is 13.9 Å². The lowest BCUT2D eigenvalue weighted by atomic mass is 10.1. The van der Waals surface area contributed by atoms with E-state index >= 15 is 0 Å². The molecule has 0 fully saturated rings. The van der Waals surface area contributed by atoms with E-state index in [1.54, 1.807) is 19.0 Å². The van der Waals surface area contributed by atoms with Crippen molar-refractivity contribution in [3.8, 4) is 17.0 Å². The van der Waals surface area contributed by atoms with Gasteiger partial charge in [-0.05, 0) is 66.6 Å². The summed E-state index contributed by atoms with van der Waals surface area (Å²) in [5.74, 6) is 2.17. The van der Waals surface area contributed by atoms with Gasteiger partial charge in [0.2, 0.25) is 0 Å². The van der Waals surface area contributed by atoms with Crippen LogP contribution >= 0.6 is 11.6 Å². The van der Waals surface area contributed by atoms with Crippen LogP contribution in [-0.4, -0.2) is 29.9 Å². The third kappa shape index (κ3) is 5.62. The van der Waals surface area contributed by atoms with E-state index in [4.69, 9.17) is 20.8 Å². The number of rotatable bonds is 7. The van der Waals surface area contributed by atoms with E-state index in [1.165, 1.54) is 0 Å². The van der Waals surface area contributed by atoms with Gasteiger partial charge >= 0.3 is 0 Å². The minimum Gasteiger partial charge on any atom is -0.489 e. The van der Waals surface area contributed by atoms with Crippen LogP contribution < -0.4 is 4.74 Å². The number of benzene rings is 3. The first kappa shape index (κ1) is 22.6. The molecule has 4 rings (SSSR count). The second-order valence-electron chi connectivity index (χ2n) is 8.03. The van der Waals surface area contributed by atoms with Crippen molar-refractivity contribution >= 4 is 17.5 Å². The fourth-order valence-electron chi connectivity index (χ4n) is 3.49. The van der Waals surface area contributed by atoms with Crippen molar-refractivity contribution in [1.29, 1.82) is 0 Å². The Hall–Kier alpha value is -3.57. The molecule has 1 heterocycles. The van der Waals surface area contributed by atoms with Gasteiger partial charge in [0.05, 0.1) is 0 Å². The molecule has 5 nitrogen and oxygen atoms in total. The van der Waals surface area contributed by atoms with E-state index in [0.29, 0.717) is 29.5 Å². The number of hydrogen-bond acceptors (Lipinski definition) is 4. The molecule has 0 aliphatic heterocycles. The summed E-state index contributed by atoms with van der Waals surface area (Å²) in [6, 6.07) is 22.9. The number of nitrogens with zero attached hydrogens (tertiary/aromatic N) is 2. The van der Waals surface area contributed by atoms with Crippen LogP contribution in [0.5, 0.6) is 5.75 Å². The minimum absolute atomic E-state index is 0.0167. The van der Waals surface area contributed by atoms with E-state index < -0.39 is 0 Å². The molecule has 1 aromatic heterocycles. The van der Waals surface area contributed by atoms with Gasteiger partial charge in [0.25, 0.3) is 5.91 Å². The Kier molecular flexibility index (Phi) is 6.80. The third-order valence-corrected chi connectivity index (χ3v) is 5.46. The summed E-state index contributed by atoms with van der Waals surface area (Å²) in [4.78, 5) is 18.2. The fraction of sp³-hybridized carbons (Fsp3) is 0.185. The van der Waals surface area contributed by atoms with E-state index in [1.807, 2.05) is 79.7 Å². The Balaban J connectivity index is 1.39. The first-order valence-corrected chi connectivity index (χ1v) is 11.0. The SMILES string of the molecule is Cc1oc(Cc2cccc(Cl)c2)nc1-c1ccc(OCc2ccc(C(=O)N(C)C)cc2)cc1. The van der Waals surface area contributed by atoms with Crippen LogP contribution in [0.4, 0.5) is 0 Å². The van der Waals surface area contributed by atoms with Crippen LogP contribution in [0.25, 0.3) is 11.3 Å². The zero-order valence-corrected chi connectivity index (χ0v) is 19.6. The molecule has 0 spiro atoms. The molecule has 0 N–H and O–H groups in total. The molecule has 0 radical (unpaired) electrons. The number of hydrogen-bond donors (Lipinski definition) is 0. The average molecular weight is 461 g/mol. The van der Waals surface area contributed by atoms with Crippen LogP contribution in [0.3, 0.4) is 0 Å². The Morgan fingerprint density at radius 2 is 1.73 bits per heavy atom. The summed E-state index contributed by atoms with van der Waals surface area (Å²) < 4.78 is 11.8. The van der Waals surface area contributed by atoms with Crippen molar-refractivity contribution in [2.45, 2.75) is 20.0 Å². The number of carbonyl (C=O) groups is 1. The number of ether oxygens (including phenoxy) is 1. The quantitative estimate of drug-likeness (QED) is 0.330. The molecule has 0 unspecified atom stereocenters. The van der Waals surface area contributed by atoms with E-state index in [2.05, 4.69) is 4.98 Å². The molecule has 0 bridgehead atoms. The molecule has 0 saturated carbocycles. The van der Waals surface area contributed by atoms with E-state index in [-0.39, 0.29) is 5.91 Å². The summed E-state index contributed by atoms with van der Waals surface area (Å²) in [5, 5.41) is 0.699.